The molecule has 2 aromatic carbocycles. The first-order valence-corrected chi connectivity index (χ1v) is 10.8. The lowest BCUT2D eigenvalue weighted by molar-refractivity contribution is 0.0735. The van der Waals surface area contributed by atoms with E-state index in [0.29, 0.717) is 12.1 Å². The van der Waals surface area contributed by atoms with Gasteiger partial charge in [0.15, 0.2) is 0 Å². The number of nitrogens with one attached hydrogen (secondary N) is 1. The number of aryl methyl sites for hydroxylation is 1. The monoisotopic (exact) mass is 386 g/mol. The fourth-order valence-corrected chi connectivity index (χ4v) is 4.93. The second-order valence-electron chi connectivity index (χ2n) is 7.32. The summed E-state index contributed by atoms with van der Waals surface area (Å²) in [6.07, 6.45) is 1.86. The van der Waals surface area contributed by atoms with Crippen LogP contribution >= 0.6 is 0 Å². The van der Waals surface area contributed by atoms with E-state index in [1.165, 1.54) is 17.7 Å². The maximum Gasteiger partial charge on any atom is 0.254 e. The Bertz CT molecular complexity index is 938. The van der Waals surface area contributed by atoms with E-state index in [0.717, 1.165) is 18.4 Å². The minimum Gasteiger partial charge on any atom is -0.332 e. The number of hydrogen-bond donors (Lipinski definition) is 1. The Balaban J connectivity index is 1.90. The highest BCUT2D eigenvalue weighted by Crippen LogP contribution is 2.34. The summed E-state index contributed by atoms with van der Waals surface area (Å²) in [6, 6.07) is 14.2. The molecule has 0 radical (unpaired) electrons. The van der Waals surface area contributed by atoms with E-state index in [4.69, 9.17) is 0 Å². The van der Waals surface area contributed by atoms with E-state index in [-0.39, 0.29) is 22.9 Å². The molecule has 6 heteroatoms. The molecular weight excluding hydrogens is 360 g/mol. The minimum absolute atomic E-state index is 0.0350. The van der Waals surface area contributed by atoms with Gasteiger partial charge in [-0.2, -0.15) is 0 Å². The topological polar surface area (TPSA) is 66.5 Å². The third-order valence-corrected chi connectivity index (χ3v) is 6.50. The van der Waals surface area contributed by atoms with Gasteiger partial charge in [-0.25, -0.2) is 13.1 Å². The van der Waals surface area contributed by atoms with Gasteiger partial charge in [-0.15, -0.1) is 0 Å². The SMILES string of the molecule is Cc1ccccc1C1CCCN1C(=O)c1cccc(S(=O)(=O)NC(C)C)c1. The maximum absolute atomic E-state index is 13.2. The van der Waals surface area contributed by atoms with Crippen molar-refractivity contribution in [3.05, 3.63) is 65.2 Å². The van der Waals surface area contributed by atoms with Crippen LogP contribution in [0.3, 0.4) is 0 Å². The fraction of sp³-hybridized carbons (Fsp3) is 0.381. The number of hydrogen-bond acceptors (Lipinski definition) is 3. The Hall–Kier alpha value is -2.18. The molecule has 27 heavy (non-hydrogen) atoms. The van der Waals surface area contributed by atoms with Crippen molar-refractivity contribution in [3.63, 3.8) is 0 Å². The van der Waals surface area contributed by atoms with Gasteiger partial charge in [0.2, 0.25) is 10.0 Å². The highest BCUT2D eigenvalue weighted by Gasteiger charge is 2.31. The van der Waals surface area contributed by atoms with Crippen LogP contribution < -0.4 is 4.72 Å². The average Bonchev–Trinajstić information content (AvgIpc) is 3.10. The van der Waals surface area contributed by atoms with Crippen molar-refractivity contribution in [1.29, 1.82) is 0 Å². The molecule has 1 saturated heterocycles. The standard InChI is InChI=1S/C21H26N2O3S/c1-15(2)22-27(25,26)18-10-6-9-17(14-18)21(24)23-13-7-12-20(23)19-11-5-4-8-16(19)3/h4-6,8-11,14-15,20,22H,7,12-13H2,1-3H3. The first-order chi connectivity index (χ1) is 12.8. The molecule has 1 aliphatic rings. The van der Waals surface area contributed by atoms with Crippen LogP contribution in [0.15, 0.2) is 53.4 Å². The van der Waals surface area contributed by atoms with Gasteiger partial charge >= 0.3 is 0 Å². The summed E-state index contributed by atoms with van der Waals surface area (Å²) in [4.78, 5) is 15.1. The van der Waals surface area contributed by atoms with Crippen LogP contribution in [-0.4, -0.2) is 31.8 Å². The zero-order chi connectivity index (χ0) is 19.6. The van der Waals surface area contributed by atoms with Crippen LogP contribution in [0.5, 0.6) is 0 Å². The normalized spacial score (nSPS) is 17.5. The van der Waals surface area contributed by atoms with Crippen LogP contribution in [0.1, 0.15) is 54.2 Å². The molecular formula is C21H26N2O3S. The molecule has 0 bridgehead atoms. The molecule has 1 atom stereocenters. The zero-order valence-electron chi connectivity index (χ0n) is 16.0. The molecule has 0 aromatic heterocycles. The van der Waals surface area contributed by atoms with Crippen molar-refractivity contribution < 1.29 is 13.2 Å². The van der Waals surface area contributed by atoms with Gasteiger partial charge in [-0.1, -0.05) is 30.3 Å². The van der Waals surface area contributed by atoms with E-state index in [2.05, 4.69) is 23.8 Å². The molecule has 1 heterocycles. The number of sulfonamides is 1. The third-order valence-electron chi connectivity index (χ3n) is 4.84. The summed E-state index contributed by atoms with van der Waals surface area (Å²) in [5, 5.41) is 0. The molecule has 1 N–H and O–H groups in total. The third kappa shape index (κ3) is 4.22. The van der Waals surface area contributed by atoms with E-state index in [1.54, 1.807) is 26.0 Å². The number of amides is 1. The first kappa shape index (κ1) is 19.6. The summed E-state index contributed by atoms with van der Waals surface area (Å²) in [7, 11) is -3.63. The van der Waals surface area contributed by atoms with E-state index in [9.17, 15) is 13.2 Å². The maximum atomic E-state index is 13.2. The predicted octanol–water partition coefficient (Wildman–Crippen LogP) is 3.66. The van der Waals surface area contributed by atoms with Crippen molar-refractivity contribution in [1.82, 2.24) is 9.62 Å². The molecule has 0 saturated carbocycles. The van der Waals surface area contributed by atoms with Gasteiger partial charge in [-0.05, 0) is 62.9 Å². The van der Waals surface area contributed by atoms with Crippen LogP contribution in [0.25, 0.3) is 0 Å². The molecule has 0 aliphatic carbocycles. The largest absolute Gasteiger partial charge is 0.332 e. The van der Waals surface area contributed by atoms with Crippen molar-refractivity contribution in [2.45, 2.75) is 50.6 Å². The van der Waals surface area contributed by atoms with E-state index < -0.39 is 10.0 Å². The Labute approximate surface area is 161 Å². The smallest absolute Gasteiger partial charge is 0.254 e. The quantitative estimate of drug-likeness (QED) is 0.853. The van der Waals surface area contributed by atoms with E-state index in [1.807, 2.05) is 17.0 Å². The molecule has 1 unspecified atom stereocenters. The Kier molecular flexibility index (Phi) is 5.67. The van der Waals surface area contributed by atoms with Crippen LogP contribution in [0, 0.1) is 6.92 Å². The summed E-state index contributed by atoms with van der Waals surface area (Å²) >= 11 is 0. The summed E-state index contributed by atoms with van der Waals surface area (Å²) in [5.41, 5.74) is 2.73. The van der Waals surface area contributed by atoms with Gasteiger partial charge < -0.3 is 4.90 Å². The van der Waals surface area contributed by atoms with Gasteiger partial charge in [0.1, 0.15) is 0 Å². The number of likely N-dealkylation sites (tertiary alicyclic amines) is 1. The molecule has 5 nitrogen and oxygen atoms in total. The lowest BCUT2D eigenvalue weighted by Crippen LogP contribution is -2.32. The Morgan fingerprint density at radius 1 is 1.15 bits per heavy atom. The van der Waals surface area contributed by atoms with Crippen molar-refractivity contribution in [2.75, 3.05) is 6.54 Å². The number of carbonyl (C=O) groups excluding carboxylic acids is 1. The molecule has 1 amide bonds. The molecule has 0 spiro atoms. The summed E-state index contributed by atoms with van der Waals surface area (Å²) in [5.74, 6) is -0.123. The van der Waals surface area contributed by atoms with Crippen LogP contribution in [0.4, 0.5) is 0 Å². The number of rotatable bonds is 5. The Morgan fingerprint density at radius 2 is 1.89 bits per heavy atom. The Morgan fingerprint density at radius 3 is 2.59 bits per heavy atom. The van der Waals surface area contributed by atoms with Crippen molar-refractivity contribution in [3.8, 4) is 0 Å². The predicted molar refractivity (Wildman–Crippen MR) is 106 cm³/mol. The first-order valence-electron chi connectivity index (χ1n) is 9.28. The molecule has 144 valence electrons. The zero-order valence-corrected chi connectivity index (χ0v) is 16.8. The van der Waals surface area contributed by atoms with Crippen LogP contribution in [0.2, 0.25) is 0 Å². The summed E-state index contributed by atoms with van der Waals surface area (Å²) < 4.78 is 27.4. The molecule has 1 fully saturated rings. The number of carbonyl (C=O) groups is 1. The van der Waals surface area contributed by atoms with Crippen LogP contribution in [-0.2, 0) is 10.0 Å². The molecule has 2 aromatic rings. The second-order valence-corrected chi connectivity index (χ2v) is 9.03. The highest BCUT2D eigenvalue weighted by molar-refractivity contribution is 7.89. The van der Waals surface area contributed by atoms with Gasteiger partial charge in [0, 0.05) is 18.2 Å². The summed E-state index contributed by atoms with van der Waals surface area (Å²) in [6.45, 7) is 6.27. The lowest BCUT2D eigenvalue weighted by atomic mass is 9.99. The minimum atomic E-state index is -3.63. The fourth-order valence-electron chi connectivity index (χ4n) is 3.63. The second kappa shape index (κ2) is 7.82. The van der Waals surface area contributed by atoms with Gasteiger partial charge in [-0.3, -0.25) is 4.79 Å². The van der Waals surface area contributed by atoms with Crippen molar-refractivity contribution in [2.24, 2.45) is 0 Å². The van der Waals surface area contributed by atoms with Crippen molar-refractivity contribution >= 4 is 15.9 Å². The van der Waals surface area contributed by atoms with Gasteiger partial charge in [0.05, 0.1) is 10.9 Å². The van der Waals surface area contributed by atoms with E-state index >= 15 is 0 Å². The lowest BCUT2D eigenvalue weighted by Gasteiger charge is -2.26. The average molecular weight is 387 g/mol. The van der Waals surface area contributed by atoms with Gasteiger partial charge in [0.25, 0.3) is 5.91 Å². The molecule has 1 aliphatic heterocycles. The molecule has 3 rings (SSSR count). The number of nitrogens with zero attached hydrogens (tertiary/aromatic N) is 1. The highest BCUT2D eigenvalue weighted by atomic mass is 32.2. The number of benzene rings is 2.